The molecule has 12 heavy (non-hydrogen) atoms. The van der Waals surface area contributed by atoms with Crippen molar-refractivity contribution in [1.82, 2.24) is 5.43 Å². The molecule has 0 amide bonds. The number of carbonyl (C=O) groups excluding carboxylic acids is 1. The molecular weight excluding hydrogens is 174 g/mol. The summed E-state index contributed by atoms with van der Waals surface area (Å²) in [5.41, 5.74) is 7.94. The number of unbranched alkanes of at least 4 members (excludes halogenated alkanes) is 1. The molecule has 3 N–H and O–H groups in total. The van der Waals surface area contributed by atoms with Crippen LogP contribution in [-0.2, 0) is 4.79 Å². The summed E-state index contributed by atoms with van der Waals surface area (Å²) in [7, 11) is 0. The molecule has 4 nitrogen and oxygen atoms in total. The molecule has 0 heterocycles. The lowest BCUT2D eigenvalue weighted by Crippen LogP contribution is -2.25. The molecule has 0 radical (unpaired) electrons. The molecule has 5 heteroatoms. The third kappa shape index (κ3) is 5.79. The van der Waals surface area contributed by atoms with E-state index in [0.29, 0.717) is 18.4 Å². The smallest absolute Gasteiger partial charge is 0.184 e. The molecule has 0 aliphatic rings. The van der Waals surface area contributed by atoms with Gasteiger partial charge in [0.15, 0.2) is 11.4 Å². The molecule has 0 atom stereocenters. The van der Waals surface area contributed by atoms with E-state index in [4.69, 9.17) is 5.73 Å². The minimum Gasteiger partial charge on any atom is -0.375 e. The van der Waals surface area contributed by atoms with E-state index in [1.807, 2.05) is 6.92 Å². The van der Waals surface area contributed by atoms with Crippen LogP contribution in [0.5, 0.6) is 0 Å². The van der Waals surface area contributed by atoms with E-state index in [9.17, 15) is 4.79 Å². The van der Waals surface area contributed by atoms with Crippen LogP contribution in [0.4, 0.5) is 0 Å². The average Bonchev–Trinajstić information content (AvgIpc) is 2.05. The third-order valence-corrected chi connectivity index (χ3v) is 1.32. The van der Waals surface area contributed by atoms with Gasteiger partial charge in [-0.2, -0.15) is 5.10 Å². The van der Waals surface area contributed by atoms with Crippen molar-refractivity contribution in [2.45, 2.75) is 26.2 Å². The Bertz CT molecular complexity index is 191. The summed E-state index contributed by atoms with van der Waals surface area (Å²) < 4.78 is 0. The number of rotatable bonds is 5. The van der Waals surface area contributed by atoms with E-state index in [1.54, 1.807) is 0 Å². The van der Waals surface area contributed by atoms with E-state index in [2.05, 4.69) is 22.7 Å². The Morgan fingerprint density at radius 1 is 1.75 bits per heavy atom. The lowest BCUT2D eigenvalue weighted by molar-refractivity contribution is -0.102. The number of nitrogens with one attached hydrogen (secondary N) is 1. The largest absolute Gasteiger partial charge is 0.375 e. The highest BCUT2D eigenvalue weighted by Crippen LogP contribution is 1.94. The van der Waals surface area contributed by atoms with Crippen LogP contribution < -0.4 is 11.2 Å². The van der Waals surface area contributed by atoms with Crippen molar-refractivity contribution in [1.29, 1.82) is 0 Å². The predicted molar refractivity (Wildman–Crippen MR) is 52.9 cm³/mol. The summed E-state index contributed by atoms with van der Waals surface area (Å²) in [6.07, 6.45) is 3.34. The summed E-state index contributed by atoms with van der Waals surface area (Å²) in [5, 5.41) is 3.79. The van der Waals surface area contributed by atoms with Gasteiger partial charge < -0.3 is 5.73 Å². The van der Waals surface area contributed by atoms with Crippen LogP contribution in [-0.4, -0.2) is 17.1 Å². The Hall–Kier alpha value is -0.970. The zero-order valence-electron chi connectivity index (χ0n) is 7.04. The molecule has 0 spiro atoms. The SMILES string of the molecule is CCCCC(C=O)=NNC(N)=S. The van der Waals surface area contributed by atoms with Gasteiger partial charge in [0.2, 0.25) is 0 Å². The fraction of sp³-hybridized carbons (Fsp3) is 0.571. The number of aldehydes is 1. The standard InChI is InChI=1S/C7H13N3OS/c1-2-3-4-6(5-11)9-10-7(8)12/h5H,2-4H2,1H3,(H3,8,10,12). The van der Waals surface area contributed by atoms with Crippen LogP contribution in [0, 0.1) is 0 Å². The lowest BCUT2D eigenvalue weighted by Gasteiger charge is -1.98. The fourth-order valence-corrected chi connectivity index (χ4v) is 0.672. The second kappa shape index (κ2) is 6.72. The van der Waals surface area contributed by atoms with Crippen molar-refractivity contribution < 1.29 is 4.79 Å². The van der Waals surface area contributed by atoms with Gasteiger partial charge in [-0.1, -0.05) is 13.3 Å². The number of hydrogen-bond acceptors (Lipinski definition) is 3. The van der Waals surface area contributed by atoms with Crippen molar-refractivity contribution >= 4 is 29.3 Å². The number of carbonyl (C=O) groups is 1. The van der Waals surface area contributed by atoms with Crippen LogP contribution in [0.2, 0.25) is 0 Å². The Morgan fingerprint density at radius 3 is 2.83 bits per heavy atom. The first kappa shape index (κ1) is 11.0. The van der Waals surface area contributed by atoms with E-state index < -0.39 is 0 Å². The van der Waals surface area contributed by atoms with Crippen LogP contribution in [0.15, 0.2) is 5.10 Å². The van der Waals surface area contributed by atoms with Gasteiger partial charge in [-0.25, -0.2) is 0 Å². The Kier molecular flexibility index (Phi) is 6.18. The number of nitrogens with two attached hydrogens (primary N) is 1. The summed E-state index contributed by atoms with van der Waals surface area (Å²) in [6.45, 7) is 2.05. The third-order valence-electron chi connectivity index (χ3n) is 1.23. The fourth-order valence-electron chi connectivity index (χ4n) is 0.626. The maximum absolute atomic E-state index is 10.4. The Balaban J connectivity index is 3.86. The highest BCUT2D eigenvalue weighted by atomic mass is 32.1. The van der Waals surface area contributed by atoms with Crippen LogP contribution in [0.3, 0.4) is 0 Å². The van der Waals surface area contributed by atoms with Crippen molar-refractivity contribution in [2.75, 3.05) is 0 Å². The molecule has 0 saturated carbocycles. The normalized spacial score (nSPS) is 10.9. The predicted octanol–water partition coefficient (Wildman–Crippen LogP) is 0.565. The molecular formula is C7H13N3OS. The summed E-state index contributed by atoms with van der Waals surface area (Å²) >= 11 is 4.52. The monoisotopic (exact) mass is 187 g/mol. The zero-order chi connectivity index (χ0) is 9.40. The minimum absolute atomic E-state index is 0.0749. The molecule has 0 aromatic carbocycles. The molecule has 0 aromatic rings. The number of hydrogen-bond donors (Lipinski definition) is 2. The van der Waals surface area contributed by atoms with Gasteiger partial charge in [0.05, 0.1) is 0 Å². The van der Waals surface area contributed by atoms with E-state index in [1.165, 1.54) is 0 Å². The van der Waals surface area contributed by atoms with Gasteiger partial charge in [-0.3, -0.25) is 10.2 Å². The second-order valence-corrected chi connectivity index (χ2v) is 2.74. The van der Waals surface area contributed by atoms with E-state index in [-0.39, 0.29) is 5.11 Å². The molecule has 0 rings (SSSR count). The minimum atomic E-state index is 0.0749. The van der Waals surface area contributed by atoms with E-state index >= 15 is 0 Å². The van der Waals surface area contributed by atoms with E-state index in [0.717, 1.165) is 12.8 Å². The van der Waals surface area contributed by atoms with Crippen molar-refractivity contribution in [3.63, 3.8) is 0 Å². The van der Waals surface area contributed by atoms with Gasteiger partial charge >= 0.3 is 0 Å². The average molecular weight is 187 g/mol. The summed E-state index contributed by atoms with van der Waals surface area (Å²) in [5.74, 6) is 0. The highest BCUT2D eigenvalue weighted by molar-refractivity contribution is 7.80. The van der Waals surface area contributed by atoms with Crippen molar-refractivity contribution in [3.8, 4) is 0 Å². The van der Waals surface area contributed by atoms with Crippen LogP contribution >= 0.6 is 12.2 Å². The topological polar surface area (TPSA) is 67.5 Å². The first-order valence-electron chi connectivity index (χ1n) is 3.78. The quantitative estimate of drug-likeness (QED) is 0.286. The van der Waals surface area contributed by atoms with Crippen LogP contribution in [0.25, 0.3) is 0 Å². The molecule has 0 saturated heterocycles. The van der Waals surface area contributed by atoms with Crippen molar-refractivity contribution in [2.24, 2.45) is 10.8 Å². The molecule has 0 aliphatic carbocycles. The van der Waals surface area contributed by atoms with Crippen molar-refractivity contribution in [3.05, 3.63) is 0 Å². The van der Waals surface area contributed by atoms with Crippen LogP contribution in [0.1, 0.15) is 26.2 Å². The maximum atomic E-state index is 10.4. The summed E-state index contributed by atoms with van der Waals surface area (Å²) in [4.78, 5) is 10.4. The highest BCUT2D eigenvalue weighted by Gasteiger charge is 1.95. The zero-order valence-corrected chi connectivity index (χ0v) is 7.86. The van der Waals surface area contributed by atoms with Gasteiger partial charge in [-0.05, 0) is 25.1 Å². The van der Waals surface area contributed by atoms with Gasteiger partial charge in [0, 0.05) is 0 Å². The number of nitrogens with zero attached hydrogens (tertiary/aromatic N) is 1. The molecule has 0 bridgehead atoms. The lowest BCUT2D eigenvalue weighted by atomic mass is 10.2. The first-order chi connectivity index (χ1) is 5.70. The molecule has 0 aromatic heterocycles. The Labute approximate surface area is 77.2 Å². The Morgan fingerprint density at radius 2 is 2.42 bits per heavy atom. The molecule has 0 unspecified atom stereocenters. The number of hydrazone groups is 1. The molecule has 0 fully saturated rings. The van der Waals surface area contributed by atoms with Gasteiger partial charge in [0.1, 0.15) is 5.71 Å². The maximum Gasteiger partial charge on any atom is 0.184 e. The van der Waals surface area contributed by atoms with Gasteiger partial charge in [0.25, 0.3) is 0 Å². The molecule has 68 valence electrons. The second-order valence-electron chi connectivity index (χ2n) is 2.30. The number of thiocarbonyl (C=S) groups is 1. The molecule has 0 aliphatic heterocycles. The summed E-state index contributed by atoms with van der Waals surface area (Å²) in [6, 6.07) is 0. The van der Waals surface area contributed by atoms with Gasteiger partial charge in [-0.15, -0.1) is 0 Å². The first-order valence-corrected chi connectivity index (χ1v) is 4.18.